The maximum absolute atomic E-state index is 11.5. The number of carbonyl (C=O) groups is 2. The predicted molar refractivity (Wildman–Crippen MR) is 52.0 cm³/mol. The Balaban J connectivity index is 2.23. The van der Waals surface area contributed by atoms with Gasteiger partial charge in [-0.05, 0) is 12.8 Å². The summed E-state index contributed by atoms with van der Waals surface area (Å²) in [5.41, 5.74) is 0. The van der Waals surface area contributed by atoms with Gasteiger partial charge in [0.2, 0.25) is 0 Å². The van der Waals surface area contributed by atoms with Gasteiger partial charge in [-0.2, -0.15) is 0 Å². The van der Waals surface area contributed by atoms with Crippen molar-refractivity contribution < 1.29 is 14.3 Å². The summed E-state index contributed by atoms with van der Waals surface area (Å²) in [7, 11) is 1.29. The van der Waals surface area contributed by atoms with Crippen molar-refractivity contribution in [2.45, 2.75) is 32.1 Å². The molecule has 0 aliphatic heterocycles. The molecular weight excluding hydrogens is 182 g/mol. The van der Waals surface area contributed by atoms with Crippen molar-refractivity contribution in [2.24, 2.45) is 5.92 Å². The maximum Gasteiger partial charge on any atom is 0.407 e. The Morgan fingerprint density at radius 2 is 1.93 bits per heavy atom. The summed E-state index contributed by atoms with van der Waals surface area (Å²) in [5, 5.41) is 2.42. The Morgan fingerprint density at radius 3 is 2.50 bits per heavy atom. The first-order valence-corrected chi connectivity index (χ1v) is 5.08. The number of carbonyl (C=O) groups excluding carboxylic acids is 2. The van der Waals surface area contributed by atoms with Crippen molar-refractivity contribution in [3.63, 3.8) is 0 Å². The third-order valence-corrected chi connectivity index (χ3v) is 2.65. The van der Waals surface area contributed by atoms with Gasteiger partial charge in [-0.3, -0.25) is 4.79 Å². The van der Waals surface area contributed by atoms with Gasteiger partial charge in [0.05, 0.1) is 13.7 Å². The van der Waals surface area contributed by atoms with Crippen LogP contribution in [0.25, 0.3) is 0 Å². The molecule has 4 nitrogen and oxygen atoms in total. The zero-order valence-electron chi connectivity index (χ0n) is 8.54. The average molecular weight is 199 g/mol. The van der Waals surface area contributed by atoms with Gasteiger partial charge in [0, 0.05) is 5.92 Å². The fourth-order valence-electron chi connectivity index (χ4n) is 1.80. The van der Waals surface area contributed by atoms with E-state index in [2.05, 4.69) is 10.1 Å². The second kappa shape index (κ2) is 5.62. The fourth-order valence-corrected chi connectivity index (χ4v) is 1.80. The van der Waals surface area contributed by atoms with Crippen molar-refractivity contribution in [2.75, 3.05) is 13.7 Å². The summed E-state index contributed by atoms with van der Waals surface area (Å²) >= 11 is 0. The van der Waals surface area contributed by atoms with E-state index in [1.165, 1.54) is 13.5 Å². The summed E-state index contributed by atoms with van der Waals surface area (Å²) in [4.78, 5) is 22.3. The Kier molecular flexibility index (Phi) is 4.43. The van der Waals surface area contributed by atoms with Gasteiger partial charge in [-0.25, -0.2) is 4.79 Å². The van der Waals surface area contributed by atoms with E-state index in [1.54, 1.807) is 0 Å². The summed E-state index contributed by atoms with van der Waals surface area (Å²) in [6.45, 7) is 0.108. The van der Waals surface area contributed by atoms with Crippen LogP contribution in [0, 0.1) is 5.92 Å². The van der Waals surface area contributed by atoms with Gasteiger partial charge in [0.25, 0.3) is 0 Å². The molecule has 0 aromatic carbocycles. The van der Waals surface area contributed by atoms with E-state index in [1.807, 2.05) is 0 Å². The largest absolute Gasteiger partial charge is 0.453 e. The summed E-state index contributed by atoms with van der Waals surface area (Å²) in [6, 6.07) is 0. The van der Waals surface area contributed by atoms with Crippen molar-refractivity contribution >= 4 is 11.9 Å². The Labute approximate surface area is 84.0 Å². The molecule has 1 aliphatic rings. The lowest BCUT2D eigenvalue weighted by molar-refractivity contribution is -0.122. The number of hydrogen-bond donors (Lipinski definition) is 1. The lowest BCUT2D eigenvalue weighted by atomic mass is 9.86. The second-order valence-electron chi connectivity index (χ2n) is 3.65. The van der Waals surface area contributed by atoms with E-state index in [0.29, 0.717) is 0 Å². The van der Waals surface area contributed by atoms with Gasteiger partial charge in [-0.15, -0.1) is 0 Å². The minimum absolute atomic E-state index is 0.108. The van der Waals surface area contributed by atoms with Gasteiger partial charge in [-0.1, -0.05) is 19.3 Å². The molecule has 4 heteroatoms. The Morgan fingerprint density at radius 1 is 1.29 bits per heavy atom. The molecule has 1 fully saturated rings. The molecular formula is C10H17NO3. The lowest BCUT2D eigenvalue weighted by Gasteiger charge is -2.20. The minimum atomic E-state index is -0.533. The Bertz CT molecular complexity index is 209. The molecule has 0 aromatic heterocycles. The maximum atomic E-state index is 11.5. The highest BCUT2D eigenvalue weighted by molar-refractivity contribution is 5.85. The Hall–Kier alpha value is -1.06. The molecule has 14 heavy (non-hydrogen) atoms. The zero-order valence-corrected chi connectivity index (χ0v) is 8.54. The molecule has 0 spiro atoms. The van der Waals surface area contributed by atoms with E-state index < -0.39 is 6.09 Å². The molecule has 0 saturated heterocycles. The van der Waals surface area contributed by atoms with Crippen LogP contribution in [0.4, 0.5) is 4.79 Å². The van der Waals surface area contributed by atoms with Crippen LogP contribution in [0.2, 0.25) is 0 Å². The van der Waals surface area contributed by atoms with Crippen molar-refractivity contribution in [1.29, 1.82) is 0 Å². The molecule has 0 radical (unpaired) electrons. The smallest absolute Gasteiger partial charge is 0.407 e. The van der Waals surface area contributed by atoms with Crippen molar-refractivity contribution in [3.8, 4) is 0 Å². The van der Waals surface area contributed by atoms with Crippen LogP contribution in [0.1, 0.15) is 32.1 Å². The van der Waals surface area contributed by atoms with Crippen LogP contribution < -0.4 is 5.32 Å². The molecule has 1 rings (SSSR count). The van der Waals surface area contributed by atoms with Gasteiger partial charge in [0.1, 0.15) is 0 Å². The summed E-state index contributed by atoms with van der Waals surface area (Å²) in [5.74, 6) is 0.288. The fraction of sp³-hybridized carbons (Fsp3) is 0.800. The SMILES string of the molecule is COC(=O)NCC(=O)C1CCCCC1. The standard InChI is InChI=1S/C10H17NO3/c1-14-10(13)11-7-9(12)8-5-3-2-4-6-8/h8H,2-7H2,1H3,(H,11,13). The number of hydrogen-bond acceptors (Lipinski definition) is 3. The van der Waals surface area contributed by atoms with Gasteiger partial charge < -0.3 is 10.1 Å². The molecule has 0 heterocycles. The van der Waals surface area contributed by atoms with Crippen LogP contribution in [0.15, 0.2) is 0 Å². The van der Waals surface area contributed by atoms with Gasteiger partial charge >= 0.3 is 6.09 Å². The zero-order chi connectivity index (χ0) is 10.4. The topological polar surface area (TPSA) is 55.4 Å². The number of alkyl carbamates (subject to hydrolysis) is 1. The van der Waals surface area contributed by atoms with Crippen LogP contribution in [-0.2, 0) is 9.53 Å². The van der Waals surface area contributed by atoms with Crippen LogP contribution in [0.3, 0.4) is 0 Å². The number of Topliss-reactive ketones (excluding diaryl/α,β-unsaturated/α-hetero) is 1. The summed E-state index contributed by atoms with van der Waals surface area (Å²) < 4.78 is 4.39. The van der Waals surface area contributed by atoms with E-state index in [4.69, 9.17) is 0 Å². The molecule has 80 valence electrons. The number of ether oxygens (including phenoxy) is 1. The molecule has 0 atom stereocenters. The average Bonchev–Trinajstić information content (AvgIpc) is 2.26. The quantitative estimate of drug-likeness (QED) is 0.749. The monoisotopic (exact) mass is 199 g/mol. The summed E-state index contributed by atoms with van der Waals surface area (Å²) in [6.07, 6.45) is 4.91. The van der Waals surface area contributed by atoms with E-state index in [-0.39, 0.29) is 18.2 Å². The first-order valence-electron chi connectivity index (χ1n) is 5.08. The van der Waals surface area contributed by atoms with Crippen LogP contribution in [0.5, 0.6) is 0 Å². The molecule has 0 unspecified atom stereocenters. The highest BCUT2D eigenvalue weighted by Gasteiger charge is 2.20. The highest BCUT2D eigenvalue weighted by atomic mass is 16.5. The predicted octanol–water partition coefficient (Wildman–Crippen LogP) is 1.49. The van der Waals surface area contributed by atoms with E-state index >= 15 is 0 Å². The first-order chi connectivity index (χ1) is 6.74. The number of rotatable bonds is 3. The van der Waals surface area contributed by atoms with E-state index in [0.717, 1.165) is 25.7 Å². The van der Waals surface area contributed by atoms with Crippen LogP contribution in [-0.4, -0.2) is 25.5 Å². The van der Waals surface area contributed by atoms with Crippen molar-refractivity contribution in [1.82, 2.24) is 5.32 Å². The first kappa shape index (κ1) is 11.0. The third kappa shape index (κ3) is 3.36. The minimum Gasteiger partial charge on any atom is -0.453 e. The highest BCUT2D eigenvalue weighted by Crippen LogP contribution is 2.23. The molecule has 1 N–H and O–H groups in total. The second-order valence-corrected chi connectivity index (χ2v) is 3.65. The molecule has 0 bridgehead atoms. The molecule has 1 aliphatic carbocycles. The number of nitrogens with one attached hydrogen (secondary N) is 1. The number of ketones is 1. The normalized spacial score (nSPS) is 17.5. The third-order valence-electron chi connectivity index (χ3n) is 2.65. The van der Waals surface area contributed by atoms with Gasteiger partial charge in [0.15, 0.2) is 5.78 Å². The van der Waals surface area contributed by atoms with Crippen LogP contribution >= 0.6 is 0 Å². The molecule has 1 saturated carbocycles. The number of amides is 1. The molecule has 0 aromatic rings. The molecule has 1 amide bonds. The number of methoxy groups -OCH3 is 1. The van der Waals surface area contributed by atoms with E-state index in [9.17, 15) is 9.59 Å². The lowest BCUT2D eigenvalue weighted by Crippen LogP contribution is -2.33. The van der Waals surface area contributed by atoms with Crippen molar-refractivity contribution in [3.05, 3.63) is 0 Å².